The number of rotatable bonds is 8. The standard InChI is InChI=1S/C10H20O5/c1-5-12-9(13-6-2)10(14-7-3)15-8(4)11/h9-10H,5-7H2,1-4H3. The molecule has 1 atom stereocenters. The van der Waals surface area contributed by atoms with Crippen LogP contribution in [0.3, 0.4) is 0 Å². The monoisotopic (exact) mass is 220 g/mol. The molecule has 0 aromatic heterocycles. The Kier molecular flexibility index (Phi) is 8.27. The summed E-state index contributed by atoms with van der Waals surface area (Å²) in [6.45, 7) is 8.16. The minimum atomic E-state index is -0.799. The molecule has 0 spiro atoms. The van der Waals surface area contributed by atoms with Crippen molar-refractivity contribution in [3.8, 4) is 0 Å². The van der Waals surface area contributed by atoms with Crippen molar-refractivity contribution in [3.05, 3.63) is 0 Å². The Bertz CT molecular complexity index is 165. The van der Waals surface area contributed by atoms with Gasteiger partial charge in [-0.3, -0.25) is 4.79 Å². The van der Waals surface area contributed by atoms with Gasteiger partial charge < -0.3 is 18.9 Å². The predicted molar refractivity (Wildman–Crippen MR) is 54.2 cm³/mol. The van der Waals surface area contributed by atoms with Crippen LogP contribution in [0.4, 0.5) is 0 Å². The maximum absolute atomic E-state index is 10.8. The van der Waals surface area contributed by atoms with Crippen molar-refractivity contribution in [3.63, 3.8) is 0 Å². The maximum Gasteiger partial charge on any atom is 0.305 e. The number of carbonyl (C=O) groups is 1. The van der Waals surface area contributed by atoms with Gasteiger partial charge in [-0.15, -0.1) is 0 Å². The molecule has 15 heavy (non-hydrogen) atoms. The molecule has 0 N–H and O–H groups in total. The highest BCUT2D eigenvalue weighted by Gasteiger charge is 2.25. The quantitative estimate of drug-likeness (QED) is 0.456. The van der Waals surface area contributed by atoms with Gasteiger partial charge in [0, 0.05) is 26.7 Å². The highest BCUT2D eigenvalue weighted by Crippen LogP contribution is 2.08. The average Bonchev–Trinajstić information content (AvgIpc) is 2.16. The van der Waals surface area contributed by atoms with Gasteiger partial charge in [0.05, 0.1) is 0 Å². The molecular formula is C10H20O5. The molecule has 0 saturated heterocycles. The third-order valence-electron chi connectivity index (χ3n) is 1.50. The number of ether oxygens (including phenoxy) is 4. The molecule has 0 aliphatic carbocycles. The summed E-state index contributed by atoms with van der Waals surface area (Å²) in [4.78, 5) is 10.8. The molecule has 5 heteroatoms. The number of carbonyl (C=O) groups excluding carboxylic acids is 1. The second kappa shape index (κ2) is 8.64. The van der Waals surface area contributed by atoms with Crippen molar-refractivity contribution in [2.75, 3.05) is 19.8 Å². The smallest absolute Gasteiger partial charge is 0.305 e. The zero-order chi connectivity index (χ0) is 11.7. The van der Waals surface area contributed by atoms with Crippen molar-refractivity contribution in [1.82, 2.24) is 0 Å². The normalized spacial score (nSPS) is 12.9. The highest BCUT2D eigenvalue weighted by atomic mass is 16.8. The fourth-order valence-corrected chi connectivity index (χ4v) is 1.03. The van der Waals surface area contributed by atoms with Crippen LogP contribution >= 0.6 is 0 Å². The first-order valence-corrected chi connectivity index (χ1v) is 5.17. The highest BCUT2D eigenvalue weighted by molar-refractivity contribution is 5.66. The first kappa shape index (κ1) is 14.3. The van der Waals surface area contributed by atoms with Crippen LogP contribution in [-0.2, 0) is 23.7 Å². The molecule has 0 aliphatic rings. The Hall–Kier alpha value is -0.650. The minimum absolute atomic E-state index is 0.419. The van der Waals surface area contributed by atoms with Crippen LogP contribution in [0.15, 0.2) is 0 Å². The zero-order valence-electron chi connectivity index (χ0n) is 9.82. The van der Waals surface area contributed by atoms with E-state index in [2.05, 4.69) is 0 Å². The minimum Gasteiger partial charge on any atom is -0.430 e. The fourth-order valence-electron chi connectivity index (χ4n) is 1.03. The molecule has 1 unspecified atom stereocenters. The van der Waals surface area contributed by atoms with Crippen molar-refractivity contribution in [2.24, 2.45) is 0 Å². The van der Waals surface area contributed by atoms with E-state index in [0.717, 1.165) is 0 Å². The van der Waals surface area contributed by atoms with E-state index in [0.29, 0.717) is 19.8 Å². The molecule has 0 aromatic rings. The van der Waals surface area contributed by atoms with Crippen molar-refractivity contribution >= 4 is 5.97 Å². The van der Waals surface area contributed by atoms with Gasteiger partial charge in [-0.25, -0.2) is 0 Å². The number of esters is 1. The molecule has 0 aliphatic heterocycles. The predicted octanol–water partition coefficient (Wildman–Crippen LogP) is 1.31. The SMILES string of the molecule is CCOC(OCC)C(OCC)OC(C)=O. The van der Waals surface area contributed by atoms with E-state index in [1.54, 1.807) is 0 Å². The lowest BCUT2D eigenvalue weighted by Gasteiger charge is -2.25. The van der Waals surface area contributed by atoms with Gasteiger partial charge >= 0.3 is 5.97 Å². The van der Waals surface area contributed by atoms with Gasteiger partial charge in [-0.2, -0.15) is 0 Å². The summed E-state index contributed by atoms with van der Waals surface area (Å²) in [5.74, 6) is -0.419. The summed E-state index contributed by atoms with van der Waals surface area (Å²) in [7, 11) is 0. The van der Waals surface area contributed by atoms with Crippen LogP contribution < -0.4 is 0 Å². The van der Waals surface area contributed by atoms with Crippen LogP contribution in [0, 0.1) is 0 Å². The van der Waals surface area contributed by atoms with Crippen LogP contribution in [0.25, 0.3) is 0 Å². The molecule has 0 fully saturated rings. The van der Waals surface area contributed by atoms with Crippen LogP contribution in [-0.4, -0.2) is 38.4 Å². The Morgan fingerprint density at radius 3 is 1.67 bits per heavy atom. The first-order chi connectivity index (χ1) is 7.15. The Morgan fingerprint density at radius 2 is 1.33 bits per heavy atom. The summed E-state index contributed by atoms with van der Waals surface area (Å²) >= 11 is 0. The molecule has 0 bridgehead atoms. The molecule has 0 heterocycles. The molecule has 5 nitrogen and oxygen atoms in total. The second-order valence-corrected chi connectivity index (χ2v) is 2.71. The van der Waals surface area contributed by atoms with E-state index < -0.39 is 18.5 Å². The summed E-state index contributed by atoms with van der Waals surface area (Å²) in [5.41, 5.74) is 0. The number of hydrogen-bond donors (Lipinski definition) is 0. The second-order valence-electron chi connectivity index (χ2n) is 2.71. The fraction of sp³-hybridized carbons (Fsp3) is 0.900. The van der Waals surface area contributed by atoms with Gasteiger partial charge in [-0.1, -0.05) is 0 Å². The van der Waals surface area contributed by atoms with Gasteiger partial charge in [0.1, 0.15) is 0 Å². The van der Waals surface area contributed by atoms with E-state index >= 15 is 0 Å². The number of hydrogen-bond acceptors (Lipinski definition) is 5. The van der Waals surface area contributed by atoms with Crippen LogP contribution in [0.1, 0.15) is 27.7 Å². The molecule has 0 saturated carbocycles. The van der Waals surface area contributed by atoms with Gasteiger partial charge in [-0.05, 0) is 20.8 Å². The van der Waals surface area contributed by atoms with E-state index in [9.17, 15) is 4.79 Å². The van der Waals surface area contributed by atoms with Crippen molar-refractivity contribution < 1.29 is 23.7 Å². The van der Waals surface area contributed by atoms with E-state index in [1.807, 2.05) is 20.8 Å². The third-order valence-corrected chi connectivity index (χ3v) is 1.50. The summed E-state index contributed by atoms with van der Waals surface area (Å²) in [6, 6.07) is 0. The Morgan fingerprint density at radius 1 is 0.933 bits per heavy atom. The third kappa shape index (κ3) is 6.43. The van der Waals surface area contributed by atoms with Crippen molar-refractivity contribution in [2.45, 2.75) is 40.3 Å². The molecule has 0 aromatic carbocycles. The van der Waals surface area contributed by atoms with Gasteiger partial charge in [0.2, 0.25) is 6.29 Å². The molecule has 0 radical (unpaired) electrons. The zero-order valence-corrected chi connectivity index (χ0v) is 9.82. The summed E-state index contributed by atoms with van der Waals surface area (Å²) < 4.78 is 20.7. The molecular weight excluding hydrogens is 200 g/mol. The lowest BCUT2D eigenvalue weighted by molar-refractivity contribution is -0.274. The summed E-state index contributed by atoms with van der Waals surface area (Å²) in [6.07, 6.45) is -1.46. The van der Waals surface area contributed by atoms with Crippen LogP contribution in [0.5, 0.6) is 0 Å². The van der Waals surface area contributed by atoms with E-state index in [4.69, 9.17) is 18.9 Å². The maximum atomic E-state index is 10.8. The average molecular weight is 220 g/mol. The Labute approximate surface area is 90.6 Å². The molecule has 90 valence electrons. The van der Waals surface area contributed by atoms with Gasteiger partial charge in [0.25, 0.3) is 6.29 Å². The largest absolute Gasteiger partial charge is 0.430 e. The first-order valence-electron chi connectivity index (χ1n) is 5.17. The summed E-state index contributed by atoms with van der Waals surface area (Å²) in [5, 5.41) is 0. The van der Waals surface area contributed by atoms with E-state index in [-0.39, 0.29) is 0 Å². The lowest BCUT2D eigenvalue weighted by atomic mass is 10.5. The topological polar surface area (TPSA) is 54.0 Å². The van der Waals surface area contributed by atoms with Crippen molar-refractivity contribution in [1.29, 1.82) is 0 Å². The van der Waals surface area contributed by atoms with Crippen LogP contribution in [0.2, 0.25) is 0 Å². The molecule has 0 amide bonds. The lowest BCUT2D eigenvalue weighted by Crippen LogP contribution is -2.37. The molecule has 0 rings (SSSR count). The van der Waals surface area contributed by atoms with E-state index in [1.165, 1.54) is 6.92 Å². The van der Waals surface area contributed by atoms with Gasteiger partial charge in [0.15, 0.2) is 0 Å². The Balaban J connectivity index is 4.28.